The molecule has 1 aliphatic heterocycles. The quantitative estimate of drug-likeness (QED) is 0.190. The minimum absolute atomic E-state index is 0.205. The number of likely N-dealkylation sites (N-methyl/N-ethyl adjacent to an activating group) is 1. The molecule has 0 unspecified atom stereocenters. The Labute approximate surface area is 192 Å². The maximum atomic E-state index is 12.5. The van der Waals surface area contributed by atoms with E-state index in [1.807, 2.05) is 0 Å². The summed E-state index contributed by atoms with van der Waals surface area (Å²) in [5.41, 5.74) is 0. The van der Waals surface area contributed by atoms with Gasteiger partial charge in [-0.05, 0) is 51.6 Å². The molecule has 0 bridgehead atoms. The lowest BCUT2D eigenvalue weighted by Crippen LogP contribution is -2.53. The molecule has 1 aliphatic rings. The van der Waals surface area contributed by atoms with E-state index in [9.17, 15) is 28.8 Å². The van der Waals surface area contributed by atoms with Crippen molar-refractivity contribution in [2.45, 2.75) is 64.0 Å². The summed E-state index contributed by atoms with van der Waals surface area (Å²) in [6.45, 7) is 3.59. The van der Waals surface area contributed by atoms with E-state index in [-0.39, 0.29) is 25.3 Å². The molecule has 3 amide bonds. The smallest absolute Gasteiger partial charge is 0.305 e. The van der Waals surface area contributed by atoms with Crippen LogP contribution in [0.15, 0.2) is 0 Å². The lowest BCUT2D eigenvalue weighted by molar-refractivity contribution is -0.142. The van der Waals surface area contributed by atoms with Crippen LogP contribution in [-0.4, -0.2) is 89.3 Å². The average Bonchev–Trinajstić information content (AvgIpc) is 2.76. The third-order valence-corrected chi connectivity index (χ3v) is 5.45. The molecule has 2 atom stereocenters. The van der Waals surface area contributed by atoms with Gasteiger partial charge in [0.25, 0.3) is 0 Å². The molecular weight excluding hydrogens is 436 g/mol. The highest BCUT2D eigenvalue weighted by Gasteiger charge is 2.27. The largest absolute Gasteiger partial charge is 0.481 e. The zero-order valence-electron chi connectivity index (χ0n) is 18.9. The fourth-order valence-electron chi connectivity index (χ4n) is 3.65. The van der Waals surface area contributed by atoms with Crippen molar-refractivity contribution in [1.82, 2.24) is 20.9 Å². The summed E-state index contributed by atoms with van der Waals surface area (Å²) in [5, 5.41) is 25.5. The lowest BCUT2D eigenvalue weighted by atomic mass is 9.92. The first-order valence-electron chi connectivity index (χ1n) is 11.1. The Morgan fingerprint density at radius 2 is 1.70 bits per heavy atom. The monoisotopic (exact) mass is 470 g/mol. The van der Waals surface area contributed by atoms with Crippen molar-refractivity contribution < 1.29 is 39.0 Å². The molecule has 0 radical (unpaired) electrons. The summed E-state index contributed by atoms with van der Waals surface area (Å²) >= 11 is 0. The van der Waals surface area contributed by atoms with Gasteiger partial charge in [0.1, 0.15) is 12.3 Å². The van der Waals surface area contributed by atoms with Crippen LogP contribution in [0.1, 0.15) is 51.9 Å². The molecule has 1 heterocycles. The van der Waals surface area contributed by atoms with Crippen LogP contribution in [0.2, 0.25) is 0 Å². The van der Waals surface area contributed by atoms with Gasteiger partial charge in [0.05, 0.1) is 25.4 Å². The van der Waals surface area contributed by atoms with Gasteiger partial charge < -0.3 is 35.9 Å². The Kier molecular flexibility index (Phi) is 12.7. The molecule has 0 aromatic carbocycles. The molecule has 186 valence electrons. The van der Waals surface area contributed by atoms with Crippen molar-refractivity contribution in [3.05, 3.63) is 0 Å². The first kappa shape index (κ1) is 28.0. The summed E-state index contributed by atoms with van der Waals surface area (Å²) in [7, 11) is 0. The van der Waals surface area contributed by atoms with E-state index < -0.39 is 48.7 Å². The van der Waals surface area contributed by atoms with E-state index in [4.69, 9.17) is 10.2 Å². The molecule has 0 aliphatic carbocycles. The molecule has 0 aromatic rings. The number of nitrogens with one attached hydrogen (secondary N) is 3. The Hall–Kier alpha value is -3.02. The highest BCUT2D eigenvalue weighted by molar-refractivity contribution is 5.93. The second-order valence-electron chi connectivity index (χ2n) is 8.06. The molecule has 5 N–H and O–H groups in total. The number of hydrogen-bond acceptors (Lipinski definition) is 7. The molecule has 0 spiro atoms. The van der Waals surface area contributed by atoms with Crippen LogP contribution >= 0.6 is 0 Å². The number of amides is 3. The van der Waals surface area contributed by atoms with E-state index in [1.54, 1.807) is 6.92 Å². The molecule has 0 saturated carbocycles. The van der Waals surface area contributed by atoms with Crippen molar-refractivity contribution >= 4 is 35.9 Å². The summed E-state index contributed by atoms with van der Waals surface area (Å²) in [6, 6.07) is -2.89. The second-order valence-corrected chi connectivity index (χ2v) is 8.06. The Bertz CT molecular complexity index is 708. The zero-order chi connectivity index (χ0) is 24.8. The van der Waals surface area contributed by atoms with Crippen molar-refractivity contribution in [1.29, 1.82) is 0 Å². The van der Waals surface area contributed by atoms with Gasteiger partial charge in [0, 0.05) is 13.0 Å². The van der Waals surface area contributed by atoms with Gasteiger partial charge in [-0.1, -0.05) is 0 Å². The third-order valence-electron chi connectivity index (χ3n) is 5.45. The van der Waals surface area contributed by atoms with Gasteiger partial charge in [0.2, 0.25) is 17.7 Å². The molecule has 12 nitrogen and oxygen atoms in total. The number of nitrogens with zero attached hydrogens (tertiary/aromatic N) is 1. The van der Waals surface area contributed by atoms with Crippen molar-refractivity contribution in [3.8, 4) is 0 Å². The van der Waals surface area contributed by atoms with Crippen LogP contribution in [0, 0.1) is 5.92 Å². The normalized spacial score (nSPS) is 15.7. The lowest BCUT2D eigenvalue weighted by Gasteiger charge is -2.24. The third kappa shape index (κ3) is 11.4. The number of piperidine rings is 1. The average molecular weight is 471 g/mol. The number of aliphatic carboxylic acids is 2. The fraction of sp³-hybridized carbons (Fsp3) is 0.714. The summed E-state index contributed by atoms with van der Waals surface area (Å²) in [6.07, 6.45) is 2.87. The summed E-state index contributed by atoms with van der Waals surface area (Å²) in [4.78, 5) is 71.4. The van der Waals surface area contributed by atoms with E-state index >= 15 is 0 Å². The fourth-order valence-corrected chi connectivity index (χ4v) is 3.65. The molecule has 1 saturated heterocycles. The van der Waals surface area contributed by atoms with Gasteiger partial charge in [0.15, 0.2) is 0 Å². The molecule has 1 rings (SSSR count). The first-order chi connectivity index (χ1) is 15.7. The van der Waals surface area contributed by atoms with Crippen LogP contribution in [0.4, 0.5) is 0 Å². The predicted molar refractivity (Wildman–Crippen MR) is 116 cm³/mol. The van der Waals surface area contributed by atoms with Crippen LogP contribution in [0.25, 0.3) is 0 Å². The van der Waals surface area contributed by atoms with Gasteiger partial charge >= 0.3 is 11.9 Å². The number of hydrogen-bond donors (Lipinski definition) is 5. The van der Waals surface area contributed by atoms with Crippen LogP contribution < -0.4 is 16.0 Å². The van der Waals surface area contributed by atoms with Crippen LogP contribution in [-0.2, 0) is 28.8 Å². The SMILES string of the molecule is CCN(CC(=O)N[C@@H](CC(=O)O)C(=O)N[C@H](C=O)CC(=O)O)C(=O)CCCC1CCNCC1. The van der Waals surface area contributed by atoms with Crippen LogP contribution in [0.3, 0.4) is 0 Å². The number of carboxylic acids is 2. The standard InChI is InChI=1S/C21H34N4O8/c1-2-25(18(28)5-3-4-14-6-8-22-9-7-14)12-17(27)24-16(11-20(31)32)21(33)23-15(13-26)10-19(29)30/h13-16,22H,2-12H2,1H3,(H,23,33)(H,24,27)(H,29,30)(H,31,32)/t15-,16-/m0/s1. The maximum absolute atomic E-state index is 12.5. The predicted octanol–water partition coefficient (Wildman–Crippen LogP) is -0.877. The number of rotatable bonds is 15. The first-order valence-corrected chi connectivity index (χ1v) is 11.1. The second kappa shape index (κ2) is 14.9. The van der Waals surface area contributed by atoms with Gasteiger partial charge in [-0.25, -0.2) is 0 Å². The van der Waals surface area contributed by atoms with Gasteiger partial charge in [-0.2, -0.15) is 0 Å². The topological polar surface area (TPSA) is 182 Å². The Morgan fingerprint density at radius 1 is 1.06 bits per heavy atom. The summed E-state index contributed by atoms with van der Waals surface area (Å²) < 4.78 is 0. The number of aldehydes is 1. The van der Waals surface area contributed by atoms with Gasteiger partial charge in [-0.15, -0.1) is 0 Å². The molecule has 1 fully saturated rings. The molecule has 12 heteroatoms. The van der Waals surface area contributed by atoms with E-state index in [1.165, 1.54) is 4.90 Å². The van der Waals surface area contributed by atoms with Crippen molar-refractivity contribution in [3.63, 3.8) is 0 Å². The number of carbonyl (C=O) groups is 6. The highest BCUT2D eigenvalue weighted by atomic mass is 16.4. The van der Waals surface area contributed by atoms with Crippen LogP contribution in [0.5, 0.6) is 0 Å². The summed E-state index contributed by atoms with van der Waals surface area (Å²) in [5.74, 6) is -4.06. The number of carboxylic acid groups (broad SMARTS) is 2. The number of carbonyl (C=O) groups excluding carboxylic acids is 4. The van der Waals surface area contributed by atoms with E-state index in [0.717, 1.165) is 32.4 Å². The zero-order valence-corrected chi connectivity index (χ0v) is 18.9. The maximum Gasteiger partial charge on any atom is 0.305 e. The van der Waals surface area contributed by atoms with Gasteiger partial charge in [-0.3, -0.25) is 24.0 Å². The van der Waals surface area contributed by atoms with E-state index in [0.29, 0.717) is 18.8 Å². The van der Waals surface area contributed by atoms with Crippen molar-refractivity contribution in [2.24, 2.45) is 5.92 Å². The van der Waals surface area contributed by atoms with E-state index in [2.05, 4.69) is 16.0 Å². The minimum atomic E-state index is -1.53. The highest BCUT2D eigenvalue weighted by Crippen LogP contribution is 2.19. The minimum Gasteiger partial charge on any atom is -0.481 e. The molecule has 0 aromatic heterocycles. The molecule has 33 heavy (non-hydrogen) atoms. The Morgan fingerprint density at radius 3 is 2.24 bits per heavy atom. The molecular formula is C21H34N4O8. The van der Waals surface area contributed by atoms with Crippen molar-refractivity contribution in [2.75, 3.05) is 26.2 Å². The Balaban J connectivity index is 2.60.